The Morgan fingerprint density at radius 1 is 1.42 bits per heavy atom. The lowest BCUT2D eigenvalue weighted by atomic mass is 9.90. The van der Waals surface area contributed by atoms with E-state index in [2.05, 4.69) is 36.2 Å². The minimum absolute atomic E-state index is 0.0218. The van der Waals surface area contributed by atoms with Gasteiger partial charge in [-0.05, 0) is 0 Å². The van der Waals surface area contributed by atoms with Crippen molar-refractivity contribution in [2.45, 2.75) is 32.6 Å². The molecule has 0 saturated carbocycles. The molecule has 0 atom stereocenters. The molecule has 0 unspecified atom stereocenters. The van der Waals surface area contributed by atoms with Gasteiger partial charge in [0.1, 0.15) is 0 Å². The zero-order chi connectivity index (χ0) is 9.19. The number of H-pyrrole nitrogens is 1. The van der Waals surface area contributed by atoms with Crippen molar-refractivity contribution in [2.24, 2.45) is 0 Å². The molecule has 0 bridgehead atoms. The minimum Gasteiger partial charge on any atom is -0.396 e. The van der Waals surface area contributed by atoms with Crippen molar-refractivity contribution in [3.05, 3.63) is 11.4 Å². The lowest BCUT2D eigenvalue weighted by molar-refractivity contribution is 0.297. The van der Waals surface area contributed by atoms with Crippen molar-refractivity contribution in [1.82, 2.24) is 15.4 Å². The van der Waals surface area contributed by atoms with Crippen molar-refractivity contribution in [3.63, 3.8) is 0 Å². The van der Waals surface area contributed by atoms with Gasteiger partial charge in [0.2, 0.25) is 0 Å². The molecule has 1 aromatic heterocycles. The van der Waals surface area contributed by atoms with Crippen LogP contribution in [0.15, 0.2) is 0 Å². The maximum atomic E-state index is 8.75. The van der Waals surface area contributed by atoms with E-state index in [4.69, 9.17) is 5.11 Å². The predicted octanol–water partition coefficient (Wildman–Crippen LogP) is 0.637. The number of aliphatic hydroxyl groups is 1. The van der Waals surface area contributed by atoms with Crippen LogP contribution < -0.4 is 0 Å². The summed E-state index contributed by atoms with van der Waals surface area (Å²) in [6.45, 7) is 6.38. The van der Waals surface area contributed by atoms with Crippen LogP contribution in [-0.4, -0.2) is 27.1 Å². The highest BCUT2D eigenvalue weighted by atomic mass is 16.3. The van der Waals surface area contributed by atoms with Crippen LogP contribution in [0.1, 0.15) is 32.2 Å². The van der Waals surface area contributed by atoms with Crippen LogP contribution in [0.5, 0.6) is 0 Å². The van der Waals surface area contributed by atoms with Crippen molar-refractivity contribution >= 4 is 0 Å². The molecule has 0 aliphatic rings. The summed E-state index contributed by atoms with van der Waals surface area (Å²) in [5, 5.41) is 19.2. The molecule has 0 spiro atoms. The second-order valence-electron chi connectivity index (χ2n) is 3.86. The number of aromatic amines is 1. The van der Waals surface area contributed by atoms with Crippen LogP contribution in [0.3, 0.4) is 0 Å². The Balaban J connectivity index is 2.91. The summed E-state index contributed by atoms with van der Waals surface area (Å²) >= 11 is 0. The second-order valence-corrected chi connectivity index (χ2v) is 3.86. The fourth-order valence-electron chi connectivity index (χ4n) is 1.13. The van der Waals surface area contributed by atoms with Crippen LogP contribution >= 0.6 is 0 Å². The van der Waals surface area contributed by atoms with Gasteiger partial charge in [0.15, 0.2) is 0 Å². The highest BCUT2D eigenvalue weighted by Gasteiger charge is 2.20. The fraction of sp³-hybridized carbons (Fsp3) is 0.750. The van der Waals surface area contributed by atoms with Crippen LogP contribution in [0.25, 0.3) is 0 Å². The van der Waals surface area contributed by atoms with Gasteiger partial charge in [-0.3, -0.25) is 5.10 Å². The molecule has 0 radical (unpaired) electrons. The van der Waals surface area contributed by atoms with Gasteiger partial charge in [0, 0.05) is 18.4 Å². The molecule has 1 heterocycles. The Morgan fingerprint density at radius 2 is 2.08 bits per heavy atom. The Bertz CT molecular complexity index is 249. The average molecular weight is 169 g/mol. The first kappa shape index (κ1) is 9.19. The number of aliphatic hydroxyl groups excluding tert-OH is 1. The Hall–Kier alpha value is -0.900. The summed E-state index contributed by atoms with van der Waals surface area (Å²) in [7, 11) is 0. The molecule has 1 aromatic rings. The molecule has 68 valence electrons. The minimum atomic E-state index is 0.0218. The lowest BCUT2D eigenvalue weighted by Crippen LogP contribution is -2.15. The van der Waals surface area contributed by atoms with Crippen molar-refractivity contribution in [2.75, 3.05) is 6.61 Å². The molecule has 4 nitrogen and oxygen atoms in total. The highest BCUT2D eigenvalue weighted by Crippen LogP contribution is 2.21. The van der Waals surface area contributed by atoms with Crippen LogP contribution in [-0.2, 0) is 11.8 Å². The average Bonchev–Trinajstić information content (AvgIpc) is 2.34. The molecule has 1 rings (SSSR count). The van der Waals surface area contributed by atoms with E-state index in [1.165, 1.54) is 0 Å². The van der Waals surface area contributed by atoms with Gasteiger partial charge in [-0.15, -0.1) is 5.10 Å². The Kier molecular flexibility index (Phi) is 2.47. The summed E-state index contributed by atoms with van der Waals surface area (Å²) in [4.78, 5) is 0. The molecule has 0 amide bonds. The topological polar surface area (TPSA) is 61.8 Å². The van der Waals surface area contributed by atoms with E-state index >= 15 is 0 Å². The van der Waals surface area contributed by atoms with E-state index in [-0.39, 0.29) is 12.0 Å². The third-order valence-corrected chi connectivity index (χ3v) is 1.72. The number of rotatable bonds is 2. The molecule has 12 heavy (non-hydrogen) atoms. The molecule has 0 aromatic carbocycles. The standard InChI is InChI=1S/C8H15N3O/c1-8(2,3)7-6(4-5-12)9-11-10-7/h12H,4-5H2,1-3H3,(H,9,10,11). The predicted molar refractivity (Wildman–Crippen MR) is 45.9 cm³/mol. The van der Waals surface area contributed by atoms with Gasteiger partial charge in [-0.2, -0.15) is 0 Å². The summed E-state index contributed by atoms with van der Waals surface area (Å²) in [5.41, 5.74) is 1.90. The number of hydrogen-bond donors (Lipinski definition) is 2. The number of aromatic nitrogens is 3. The zero-order valence-electron chi connectivity index (χ0n) is 7.76. The molecular formula is C8H15N3O. The summed E-state index contributed by atoms with van der Waals surface area (Å²) in [5.74, 6) is 0. The van der Waals surface area contributed by atoms with Gasteiger partial charge >= 0.3 is 0 Å². The maximum Gasteiger partial charge on any atom is 0.0884 e. The third kappa shape index (κ3) is 1.82. The molecule has 4 heteroatoms. The van der Waals surface area contributed by atoms with Gasteiger partial charge in [-0.1, -0.05) is 26.0 Å². The molecule has 0 aliphatic carbocycles. The maximum absolute atomic E-state index is 8.75. The normalized spacial score (nSPS) is 12.0. The summed E-state index contributed by atoms with van der Waals surface area (Å²) < 4.78 is 0. The van der Waals surface area contributed by atoms with Gasteiger partial charge in [-0.25, -0.2) is 0 Å². The number of hydrogen-bond acceptors (Lipinski definition) is 3. The van der Waals surface area contributed by atoms with E-state index in [1.54, 1.807) is 0 Å². The first-order valence-corrected chi connectivity index (χ1v) is 4.07. The van der Waals surface area contributed by atoms with Gasteiger partial charge < -0.3 is 5.11 Å². The van der Waals surface area contributed by atoms with Crippen LogP contribution in [0.2, 0.25) is 0 Å². The quantitative estimate of drug-likeness (QED) is 0.682. The molecule has 0 fully saturated rings. The van der Waals surface area contributed by atoms with E-state index in [9.17, 15) is 0 Å². The number of nitrogens with one attached hydrogen (secondary N) is 1. The van der Waals surface area contributed by atoms with E-state index < -0.39 is 0 Å². The van der Waals surface area contributed by atoms with Crippen molar-refractivity contribution < 1.29 is 5.11 Å². The first-order chi connectivity index (χ1) is 5.55. The van der Waals surface area contributed by atoms with E-state index in [1.807, 2.05) is 0 Å². The van der Waals surface area contributed by atoms with E-state index in [0.29, 0.717) is 6.42 Å². The fourth-order valence-corrected chi connectivity index (χ4v) is 1.13. The SMILES string of the molecule is CC(C)(C)c1[nH]nnc1CCO. The van der Waals surface area contributed by atoms with Gasteiger partial charge in [0.25, 0.3) is 0 Å². The van der Waals surface area contributed by atoms with E-state index in [0.717, 1.165) is 11.4 Å². The second kappa shape index (κ2) is 3.23. The van der Waals surface area contributed by atoms with Crippen molar-refractivity contribution in [1.29, 1.82) is 0 Å². The summed E-state index contributed by atoms with van der Waals surface area (Å²) in [6.07, 6.45) is 0.573. The molecule has 0 saturated heterocycles. The van der Waals surface area contributed by atoms with Crippen molar-refractivity contribution in [3.8, 4) is 0 Å². The first-order valence-electron chi connectivity index (χ1n) is 4.07. The highest BCUT2D eigenvalue weighted by molar-refractivity contribution is 5.17. The smallest absolute Gasteiger partial charge is 0.0884 e. The van der Waals surface area contributed by atoms with Crippen LogP contribution in [0, 0.1) is 0 Å². The monoisotopic (exact) mass is 169 g/mol. The lowest BCUT2D eigenvalue weighted by Gasteiger charge is -2.16. The molecular weight excluding hydrogens is 154 g/mol. The Labute approximate surface area is 72.0 Å². The molecule has 2 N–H and O–H groups in total. The molecule has 0 aliphatic heterocycles. The summed E-state index contributed by atoms with van der Waals surface area (Å²) in [6, 6.07) is 0. The largest absolute Gasteiger partial charge is 0.396 e. The Morgan fingerprint density at radius 3 is 2.58 bits per heavy atom. The van der Waals surface area contributed by atoms with Crippen LogP contribution in [0.4, 0.5) is 0 Å². The zero-order valence-corrected chi connectivity index (χ0v) is 7.76. The number of nitrogens with zero attached hydrogens (tertiary/aromatic N) is 2. The third-order valence-electron chi connectivity index (χ3n) is 1.72. The van der Waals surface area contributed by atoms with Gasteiger partial charge in [0.05, 0.1) is 11.4 Å².